The number of nitrogens with one attached hydrogen (secondary N) is 1. The van der Waals surface area contributed by atoms with Crippen LogP contribution in [-0.2, 0) is 10.8 Å². The minimum Gasteiger partial charge on any atom is -0.486 e. The first-order valence-electron chi connectivity index (χ1n) is 8.76. The molecule has 2 aromatic carbocycles. The van der Waals surface area contributed by atoms with Gasteiger partial charge in [0.05, 0.1) is 6.04 Å². The molecule has 0 bridgehead atoms. The molecule has 4 rings (SSSR count). The van der Waals surface area contributed by atoms with Crippen LogP contribution in [0.5, 0.6) is 11.5 Å². The van der Waals surface area contributed by atoms with E-state index in [1.165, 1.54) is 0 Å². The van der Waals surface area contributed by atoms with Crippen molar-refractivity contribution in [1.29, 1.82) is 0 Å². The third kappa shape index (κ3) is 3.60. The minimum absolute atomic E-state index is 0.0432. The van der Waals surface area contributed by atoms with Crippen molar-refractivity contribution in [1.82, 2.24) is 5.32 Å². The first-order valence-corrected chi connectivity index (χ1v) is 10.3. The molecule has 2 aromatic rings. The fourth-order valence-electron chi connectivity index (χ4n) is 3.18. The van der Waals surface area contributed by atoms with E-state index in [0.29, 0.717) is 29.6 Å². The van der Waals surface area contributed by atoms with Gasteiger partial charge in [0.2, 0.25) is 0 Å². The number of ether oxygens (including phenoxy) is 2. The number of hydrogen-bond acceptors (Lipinski definition) is 4. The normalized spacial score (nSPS) is 18.0. The molecule has 1 aliphatic heterocycles. The van der Waals surface area contributed by atoms with Crippen LogP contribution in [-0.4, -0.2) is 29.6 Å². The summed E-state index contributed by atoms with van der Waals surface area (Å²) in [5.41, 5.74) is 1.61. The van der Waals surface area contributed by atoms with Gasteiger partial charge in [0.15, 0.2) is 11.5 Å². The molecule has 1 heterocycles. The number of carbonyl (C=O) groups excluding carboxylic acids is 1. The molecule has 1 N–H and O–H groups in total. The maximum Gasteiger partial charge on any atom is 0.251 e. The van der Waals surface area contributed by atoms with Crippen molar-refractivity contribution in [3.63, 3.8) is 0 Å². The summed E-state index contributed by atoms with van der Waals surface area (Å²) < 4.78 is 22.7. The fourth-order valence-corrected chi connectivity index (χ4v) is 3.70. The number of hydrogen-bond donors (Lipinski definition) is 1. The fraction of sp³-hybridized carbons (Fsp3) is 0.350. The smallest absolute Gasteiger partial charge is 0.251 e. The van der Waals surface area contributed by atoms with Gasteiger partial charge in [-0.2, -0.15) is 0 Å². The average molecular weight is 371 g/mol. The highest BCUT2D eigenvalue weighted by atomic mass is 32.2. The summed E-state index contributed by atoms with van der Waals surface area (Å²) in [5.74, 6) is 1.82. The van der Waals surface area contributed by atoms with Gasteiger partial charge < -0.3 is 14.8 Å². The molecule has 6 heteroatoms. The number of carbonyl (C=O) groups is 1. The summed E-state index contributed by atoms with van der Waals surface area (Å²) >= 11 is 0. The van der Waals surface area contributed by atoms with Crippen molar-refractivity contribution >= 4 is 16.7 Å². The molecule has 0 saturated heterocycles. The number of rotatable bonds is 5. The van der Waals surface area contributed by atoms with Gasteiger partial charge in [-0.25, -0.2) is 0 Å². The van der Waals surface area contributed by atoms with Gasteiger partial charge in [0.1, 0.15) is 13.2 Å². The minimum atomic E-state index is -1.05. The highest BCUT2D eigenvalue weighted by Crippen LogP contribution is 2.43. The second-order valence-corrected chi connectivity index (χ2v) is 8.05. The van der Waals surface area contributed by atoms with Crippen molar-refractivity contribution < 1.29 is 18.5 Å². The third-order valence-corrected chi connectivity index (χ3v) is 5.69. The van der Waals surface area contributed by atoms with Crippen LogP contribution < -0.4 is 14.8 Å². The monoisotopic (exact) mass is 371 g/mol. The van der Waals surface area contributed by atoms with Gasteiger partial charge in [-0.3, -0.25) is 9.00 Å². The Bertz CT molecular complexity index is 845. The quantitative estimate of drug-likeness (QED) is 0.877. The lowest BCUT2D eigenvalue weighted by Crippen LogP contribution is -2.30. The van der Waals surface area contributed by atoms with Crippen LogP contribution in [0.4, 0.5) is 0 Å². The van der Waals surface area contributed by atoms with E-state index in [1.807, 2.05) is 18.2 Å². The van der Waals surface area contributed by atoms with Crippen LogP contribution in [0.2, 0.25) is 0 Å². The number of fused-ring (bicyclic) bond motifs is 1. The van der Waals surface area contributed by atoms with Crippen LogP contribution >= 0.6 is 0 Å². The molecule has 26 heavy (non-hydrogen) atoms. The largest absolute Gasteiger partial charge is 0.486 e. The van der Waals surface area contributed by atoms with E-state index < -0.39 is 10.8 Å². The Labute approximate surface area is 155 Å². The zero-order valence-corrected chi connectivity index (χ0v) is 15.4. The Balaban J connectivity index is 1.54. The van der Waals surface area contributed by atoms with E-state index in [0.717, 1.165) is 29.9 Å². The van der Waals surface area contributed by atoms with Gasteiger partial charge in [0, 0.05) is 27.5 Å². The summed E-state index contributed by atoms with van der Waals surface area (Å²) in [5, 5.41) is 3.16. The molecule has 1 fully saturated rings. The second-order valence-electron chi connectivity index (χ2n) is 6.67. The molecule has 1 aliphatic carbocycles. The van der Waals surface area contributed by atoms with E-state index in [4.69, 9.17) is 9.47 Å². The molecular weight excluding hydrogens is 350 g/mol. The van der Waals surface area contributed by atoms with Crippen LogP contribution in [0.15, 0.2) is 47.4 Å². The summed E-state index contributed by atoms with van der Waals surface area (Å²) in [6, 6.07) is 12.8. The van der Waals surface area contributed by atoms with Crippen molar-refractivity contribution in [2.24, 2.45) is 5.92 Å². The zero-order valence-electron chi connectivity index (χ0n) is 14.6. The van der Waals surface area contributed by atoms with Gasteiger partial charge in [-0.05, 0) is 60.7 Å². The molecule has 5 nitrogen and oxygen atoms in total. The van der Waals surface area contributed by atoms with Crippen molar-refractivity contribution in [2.75, 3.05) is 19.5 Å². The maximum absolute atomic E-state index is 12.7. The third-order valence-electron chi connectivity index (χ3n) is 4.75. The average Bonchev–Trinajstić information content (AvgIpc) is 3.50. The molecule has 0 spiro atoms. The number of benzene rings is 2. The number of amides is 1. The molecule has 2 atom stereocenters. The van der Waals surface area contributed by atoms with Gasteiger partial charge in [0.25, 0.3) is 5.91 Å². The predicted molar refractivity (Wildman–Crippen MR) is 99.1 cm³/mol. The molecule has 1 saturated carbocycles. The first kappa shape index (κ1) is 17.1. The Kier molecular flexibility index (Phi) is 4.68. The van der Waals surface area contributed by atoms with Crippen LogP contribution in [0.3, 0.4) is 0 Å². The topological polar surface area (TPSA) is 64.6 Å². The van der Waals surface area contributed by atoms with Crippen molar-refractivity contribution in [3.8, 4) is 11.5 Å². The first-order chi connectivity index (χ1) is 12.6. The van der Waals surface area contributed by atoms with Gasteiger partial charge in [-0.15, -0.1) is 0 Å². The molecule has 0 radical (unpaired) electrons. The highest BCUT2D eigenvalue weighted by molar-refractivity contribution is 7.84. The van der Waals surface area contributed by atoms with Crippen LogP contribution in [0.25, 0.3) is 0 Å². The zero-order chi connectivity index (χ0) is 18.1. The maximum atomic E-state index is 12.7. The van der Waals surface area contributed by atoms with E-state index in [9.17, 15) is 9.00 Å². The molecular formula is C20H21NO4S. The van der Waals surface area contributed by atoms with Crippen LogP contribution in [0.1, 0.15) is 34.8 Å². The molecule has 1 amide bonds. The molecule has 2 aliphatic rings. The Morgan fingerprint density at radius 3 is 2.42 bits per heavy atom. The van der Waals surface area contributed by atoms with E-state index in [2.05, 4.69) is 5.32 Å². The van der Waals surface area contributed by atoms with Gasteiger partial charge in [-0.1, -0.05) is 6.07 Å². The highest BCUT2D eigenvalue weighted by Gasteiger charge is 2.34. The van der Waals surface area contributed by atoms with Gasteiger partial charge >= 0.3 is 0 Å². The van der Waals surface area contributed by atoms with E-state index in [1.54, 1.807) is 30.5 Å². The standard InChI is InChI=1S/C20H21NO4S/c1-26(23)16-7-4-14(5-8-16)20(22)21-19(13-2-3-13)15-6-9-17-18(12-15)25-11-10-24-17/h4-9,12-13,19H,2-3,10-11H2,1H3,(H,21,22)/t19-,26-/m0/s1. The predicted octanol–water partition coefficient (Wildman–Crippen LogP) is 3.08. The lowest BCUT2D eigenvalue weighted by molar-refractivity contribution is 0.0931. The van der Waals surface area contributed by atoms with E-state index >= 15 is 0 Å². The molecule has 0 aromatic heterocycles. The lowest BCUT2D eigenvalue weighted by atomic mass is 10.0. The molecule has 136 valence electrons. The Morgan fingerprint density at radius 2 is 1.77 bits per heavy atom. The summed E-state index contributed by atoms with van der Waals surface area (Å²) in [6.07, 6.45) is 3.83. The van der Waals surface area contributed by atoms with Crippen LogP contribution in [0, 0.1) is 5.92 Å². The summed E-state index contributed by atoms with van der Waals surface area (Å²) in [7, 11) is -1.05. The Hall–Kier alpha value is -2.34. The van der Waals surface area contributed by atoms with Crippen molar-refractivity contribution in [2.45, 2.75) is 23.8 Å². The summed E-state index contributed by atoms with van der Waals surface area (Å²) in [6.45, 7) is 1.11. The Morgan fingerprint density at radius 1 is 1.08 bits per heavy atom. The second kappa shape index (κ2) is 7.11. The molecule has 0 unspecified atom stereocenters. The lowest BCUT2D eigenvalue weighted by Gasteiger charge is -2.23. The SMILES string of the molecule is C[S@](=O)c1ccc(C(=O)N[C@H](c2ccc3c(c2)OCCO3)C2CC2)cc1. The van der Waals surface area contributed by atoms with Crippen molar-refractivity contribution in [3.05, 3.63) is 53.6 Å². The summed E-state index contributed by atoms with van der Waals surface area (Å²) in [4.78, 5) is 13.4. The van der Waals surface area contributed by atoms with E-state index in [-0.39, 0.29) is 11.9 Å².